The summed E-state index contributed by atoms with van der Waals surface area (Å²) in [5, 5.41) is 3.05. The van der Waals surface area contributed by atoms with E-state index in [9.17, 15) is 4.79 Å². The Morgan fingerprint density at radius 2 is 1.60 bits per heavy atom. The second-order valence-corrected chi connectivity index (χ2v) is 7.61. The SMILES string of the molecule is COc1ccc(C(=O)N[C@@H](C)c2ccccc2)cc1COc1ccccc1C(C)C. The molecule has 0 saturated carbocycles. The van der Waals surface area contributed by atoms with Gasteiger partial charge in [-0.15, -0.1) is 0 Å². The summed E-state index contributed by atoms with van der Waals surface area (Å²) in [6.45, 7) is 6.58. The molecule has 0 heterocycles. The first-order chi connectivity index (χ1) is 14.5. The summed E-state index contributed by atoms with van der Waals surface area (Å²) in [5.41, 5.74) is 3.63. The second kappa shape index (κ2) is 9.97. The van der Waals surface area contributed by atoms with Gasteiger partial charge in [-0.05, 0) is 48.2 Å². The van der Waals surface area contributed by atoms with Gasteiger partial charge < -0.3 is 14.8 Å². The van der Waals surface area contributed by atoms with E-state index in [2.05, 4.69) is 25.2 Å². The molecule has 0 aromatic heterocycles. The highest BCUT2D eigenvalue weighted by Crippen LogP contribution is 2.28. The van der Waals surface area contributed by atoms with Crippen LogP contribution in [0.15, 0.2) is 72.8 Å². The van der Waals surface area contributed by atoms with Gasteiger partial charge in [0, 0.05) is 11.1 Å². The Labute approximate surface area is 178 Å². The third kappa shape index (κ3) is 5.20. The molecule has 0 unspecified atom stereocenters. The Bertz CT molecular complexity index is 983. The van der Waals surface area contributed by atoms with Crippen molar-refractivity contribution in [1.29, 1.82) is 0 Å². The molecule has 1 N–H and O–H groups in total. The molecule has 0 aliphatic rings. The zero-order chi connectivity index (χ0) is 21.5. The van der Waals surface area contributed by atoms with Gasteiger partial charge >= 0.3 is 0 Å². The van der Waals surface area contributed by atoms with Crippen LogP contribution in [0.1, 0.15) is 59.8 Å². The number of amides is 1. The van der Waals surface area contributed by atoms with Crippen LogP contribution in [0.4, 0.5) is 0 Å². The van der Waals surface area contributed by atoms with Crippen LogP contribution >= 0.6 is 0 Å². The number of hydrogen-bond acceptors (Lipinski definition) is 3. The van der Waals surface area contributed by atoms with E-state index in [1.165, 1.54) is 0 Å². The Morgan fingerprint density at radius 3 is 2.30 bits per heavy atom. The van der Waals surface area contributed by atoms with Gasteiger partial charge in [0.05, 0.1) is 13.2 Å². The van der Waals surface area contributed by atoms with Crippen LogP contribution in [-0.4, -0.2) is 13.0 Å². The number of methoxy groups -OCH3 is 1. The van der Waals surface area contributed by atoms with Crippen molar-refractivity contribution in [3.63, 3.8) is 0 Å². The molecule has 0 fully saturated rings. The van der Waals surface area contributed by atoms with E-state index in [0.717, 1.165) is 22.4 Å². The number of rotatable bonds is 8. The number of carbonyl (C=O) groups excluding carboxylic acids is 1. The summed E-state index contributed by atoms with van der Waals surface area (Å²) in [6.07, 6.45) is 0. The fraction of sp³-hybridized carbons (Fsp3) is 0.269. The summed E-state index contributed by atoms with van der Waals surface area (Å²) < 4.78 is 11.6. The lowest BCUT2D eigenvalue weighted by Crippen LogP contribution is -2.26. The Hall–Kier alpha value is -3.27. The van der Waals surface area contributed by atoms with Crippen LogP contribution in [0.2, 0.25) is 0 Å². The highest BCUT2D eigenvalue weighted by atomic mass is 16.5. The van der Waals surface area contributed by atoms with Crippen LogP contribution in [-0.2, 0) is 6.61 Å². The van der Waals surface area contributed by atoms with Gasteiger partial charge in [0.15, 0.2) is 0 Å². The Kier molecular flexibility index (Phi) is 7.12. The van der Waals surface area contributed by atoms with Gasteiger partial charge in [-0.25, -0.2) is 0 Å². The quantitative estimate of drug-likeness (QED) is 0.510. The van der Waals surface area contributed by atoms with Crippen LogP contribution in [0.25, 0.3) is 0 Å². The molecule has 3 aromatic rings. The maximum Gasteiger partial charge on any atom is 0.251 e. The first-order valence-corrected chi connectivity index (χ1v) is 10.2. The summed E-state index contributed by atoms with van der Waals surface area (Å²) in [6, 6.07) is 23.3. The molecule has 4 nitrogen and oxygen atoms in total. The van der Waals surface area contributed by atoms with E-state index in [1.54, 1.807) is 13.2 Å². The van der Waals surface area contributed by atoms with Gasteiger partial charge in [-0.1, -0.05) is 62.4 Å². The Morgan fingerprint density at radius 1 is 0.900 bits per heavy atom. The van der Waals surface area contributed by atoms with E-state index in [1.807, 2.05) is 67.6 Å². The average molecular weight is 404 g/mol. The van der Waals surface area contributed by atoms with Crippen molar-refractivity contribution in [1.82, 2.24) is 5.32 Å². The van der Waals surface area contributed by atoms with E-state index >= 15 is 0 Å². The molecule has 1 amide bonds. The van der Waals surface area contributed by atoms with E-state index < -0.39 is 0 Å². The molecule has 4 heteroatoms. The number of benzene rings is 3. The van der Waals surface area contributed by atoms with Crippen molar-refractivity contribution in [2.75, 3.05) is 7.11 Å². The third-order valence-electron chi connectivity index (χ3n) is 5.11. The number of hydrogen-bond donors (Lipinski definition) is 1. The number of para-hydroxylation sites is 1. The molecule has 3 rings (SSSR count). The van der Waals surface area contributed by atoms with Gasteiger partial charge in [-0.3, -0.25) is 4.79 Å². The predicted octanol–water partition coefficient (Wildman–Crippen LogP) is 5.89. The maximum absolute atomic E-state index is 12.8. The molecule has 1 atom stereocenters. The van der Waals surface area contributed by atoms with E-state index in [4.69, 9.17) is 9.47 Å². The van der Waals surface area contributed by atoms with Gasteiger partial charge in [0.1, 0.15) is 18.1 Å². The lowest BCUT2D eigenvalue weighted by atomic mass is 10.0. The first-order valence-electron chi connectivity index (χ1n) is 10.2. The second-order valence-electron chi connectivity index (χ2n) is 7.61. The fourth-order valence-electron chi connectivity index (χ4n) is 3.38. The lowest BCUT2D eigenvalue weighted by Gasteiger charge is -2.17. The number of ether oxygens (including phenoxy) is 2. The maximum atomic E-state index is 12.8. The highest BCUT2D eigenvalue weighted by molar-refractivity contribution is 5.94. The molecular formula is C26H29NO3. The summed E-state index contributed by atoms with van der Waals surface area (Å²) in [4.78, 5) is 12.8. The minimum absolute atomic E-state index is 0.0848. The topological polar surface area (TPSA) is 47.6 Å². The molecule has 0 aliphatic carbocycles. The highest BCUT2D eigenvalue weighted by Gasteiger charge is 2.15. The molecule has 3 aromatic carbocycles. The van der Waals surface area contributed by atoms with Crippen molar-refractivity contribution in [3.05, 3.63) is 95.1 Å². The molecule has 0 radical (unpaired) electrons. The molecular weight excluding hydrogens is 374 g/mol. The predicted molar refractivity (Wildman–Crippen MR) is 120 cm³/mol. The van der Waals surface area contributed by atoms with Crippen LogP contribution < -0.4 is 14.8 Å². The standard InChI is InChI=1S/C26H29NO3/c1-18(2)23-12-8-9-13-25(23)30-17-22-16-21(14-15-24(22)29-4)26(28)27-19(3)20-10-6-5-7-11-20/h5-16,18-19H,17H2,1-4H3,(H,27,28)/t19-/m0/s1. The van der Waals surface area contributed by atoms with Crippen LogP contribution in [0.5, 0.6) is 11.5 Å². The van der Waals surface area contributed by atoms with Crippen molar-refractivity contribution < 1.29 is 14.3 Å². The zero-order valence-corrected chi connectivity index (χ0v) is 18.0. The smallest absolute Gasteiger partial charge is 0.251 e. The average Bonchev–Trinajstić information content (AvgIpc) is 2.78. The Balaban J connectivity index is 1.76. The van der Waals surface area contributed by atoms with E-state index in [-0.39, 0.29) is 11.9 Å². The molecule has 0 spiro atoms. The molecule has 0 aliphatic heterocycles. The van der Waals surface area contributed by atoms with Crippen molar-refractivity contribution in [3.8, 4) is 11.5 Å². The normalized spacial score (nSPS) is 11.8. The number of carbonyl (C=O) groups is 1. The minimum Gasteiger partial charge on any atom is -0.496 e. The largest absolute Gasteiger partial charge is 0.496 e. The fourth-order valence-corrected chi connectivity index (χ4v) is 3.38. The van der Waals surface area contributed by atoms with Gasteiger partial charge in [0.25, 0.3) is 5.91 Å². The minimum atomic E-state index is -0.127. The van der Waals surface area contributed by atoms with Gasteiger partial charge in [0.2, 0.25) is 0 Å². The van der Waals surface area contributed by atoms with Crippen LogP contribution in [0, 0.1) is 0 Å². The summed E-state index contributed by atoms with van der Waals surface area (Å²) in [5.74, 6) is 1.78. The summed E-state index contributed by atoms with van der Waals surface area (Å²) in [7, 11) is 1.62. The molecule has 30 heavy (non-hydrogen) atoms. The van der Waals surface area contributed by atoms with E-state index in [0.29, 0.717) is 23.8 Å². The lowest BCUT2D eigenvalue weighted by molar-refractivity contribution is 0.0939. The number of nitrogens with one attached hydrogen (secondary N) is 1. The molecule has 0 bridgehead atoms. The molecule has 0 saturated heterocycles. The summed E-state index contributed by atoms with van der Waals surface area (Å²) >= 11 is 0. The molecule has 156 valence electrons. The van der Waals surface area contributed by atoms with Gasteiger partial charge in [-0.2, -0.15) is 0 Å². The zero-order valence-electron chi connectivity index (χ0n) is 18.0. The van der Waals surface area contributed by atoms with Crippen LogP contribution in [0.3, 0.4) is 0 Å². The van der Waals surface area contributed by atoms with Crippen molar-refractivity contribution in [2.24, 2.45) is 0 Å². The first kappa shape index (κ1) is 21.4. The van der Waals surface area contributed by atoms with Crippen molar-refractivity contribution in [2.45, 2.75) is 39.3 Å². The third-order valence-corrected chi connectivity index (χ3v) is 5.11. The van der Waals surface area contributed by atoms with Crippen molar-refractivity contribution >= 4 is 5.91 Å². The monoisotopic (exact) mass is 403 g/mol.